The number of benzene rings is 3. The molecule has 1 aliphatic rings. The van der Waals surface area contributed by atoms with Crippen molar-refractivity contribution in [2.24, 2.45) is 5.92 Å². The lowest BCUT2D eigenvalue weighted by atomic mass is 9.77. The summed E-state index contributed by atoms with van der Waals surface area (Å²) in [5.74, 6) is 1.76. The summed E-state index contributed by atoms with van der Waals surface area (Å²) in [6, 6.07) is 23.1. The molecule has 0 atom stereocenters. The van der Waals surface area contributed by atoms with Crippen LogP contribution in [0.2, 0.25) is 0 Å². The second-order valence-electron chi connectivity index (χ2n) is 8.38. The average molecular weight is 357 g/mol. The van der Waals surface area contributed by atoms with Crippen LogP contribution in [0.1, 0.15) is 69.4 Å². The topological polar surface area (TPSA) is 0 Å². The zero-order chi connectivity index (χ0) is 18.6. The van der Waals surface area contributed by atoms with Gasteiger partial charge in [0.05, 0.1) is 0 Å². The van der Waals surface area contributed by atoms with Gasteiger partial charge in [-0.15, -0.1) is 0 Å². The largest absolute Gasteiger partial charge is 0.0654 e. The molecule has 3 aromatic rings. The van der Waals surface area contributed by atoms with E-state index in [1.807, 2.05) is 0 Å². The van der Waals surface area contributed by atoms with Crippen molar-refractivity contribution >= 4 is 10.8 Å². The Bertz CT molecular complexity index is 880. The molecule has 1 aliphatic carbocycles. The van der Waals surface area contributed by atoms with Crippen LogP contribution in [0, 0.1) is 5.92 Å². The molecule has 0 aliphatic heterocycles. The monoisotopic (exact) mass is 356 g/mol. The molecule has 0 heteroatoms. The molecular formula is C27H32. The Morgan fingerprint density at radius 2 is 1.37 bits per heavy atom. The van der Waals surface area contributed by atoms with E-state index < -0.39 is 0 Å². The van der Waals surface area contributed by atoms with Gasteiger partial charge in [-0.05, 0) is 83.0 Å². The van der Waals surface area contributed by atoms with Crippen molar-refractivity contribution in [2.75, 3.05) is 0 Å². The van der Waals surface area contributed by atoms with Crippen molar-refractivity contribution in [1.29, 1.82) is 0 Å². The molecule has 0 nitrogen and oxygen atoms in total. The molecule has 1 saturated carbocycles. The first-order chi connectivity index (χ1) is 13.3. The molecule has 140 valence electrons. The highest BCUT2D eigenvalue weighted by molar-refractivity contribution is 5.87. The number of fused-ring (bicyclic) bond motifs is 1. The van der Waals surface area contributed by atoms with Crippen LogP contribution in [0.3, 0.4) is 0 Å². The van der Waals surface area contributed by atoms with Crippen LogP contribution in [-0.4, -0.2) is 0 Å². The number of rotatable bonds is 5. The van der Waals surface area contributed by atoms with E-state index in [1.165, 1.54) is 66.0 Å². The van der Waals surface area contributed by atoms with Gasteiger partial charge in [0.2, 0.25) is 0 Å². The first kappa shape index (κ1) is 18.3. The minimum absolute atomic E-state index is 0.774. The van der Waals surface area contributed by atoms with Gasteiger partial charge >= 0.3 is 0 Å². The van der Waals surface area contributed by atoms with Crippen LogP contribution in [0.15, 0.2) is 60.7 Å². The highest BCUT2D eigenvalue weighted by Crippen LogP contribution is 2.38. The van der Waals surface area contributed by atoms with E-state index in [-0.39, 0.29) is 0 Å². The quantitative estimate of drug-likeness (QED) is 0.432. The predicted molar refractivity (Wildman–Crippen MR) is 118 cm³/mol. The third-order valence-corrected chi connectivity index (χ3v) is 6.57. The average Bonchev–Trinajstić information content (AvgIpc) is 2.74. The van der Waals surface area contributed by atoms with Crippen LogP contribution in [-0.2, 0) is 6.42 Å². The van der Waals surface area contributed by atoms with Crippen molar-refractivity contribution in [1.82, 2.24) is 0 Å². The van der Waals surface area contributed by atoms with E-state index in [9.17, 15) is 0 Å². The Labute approximate surface area is 164 Å². The summed E-state index contributed by atoms with van der Waals surface area (Å²) in [5, 5.41) is 2.68. The minimum Gasteiger partial charge on any atom is -0.0654 e. The van der Waals surface area contributed by atoms with Crippen molar-refractivity contribution in [3.8, 4) is 11.1 Å². The second kappa shape index (κ2) is 8.30. The van der Waals surface area contributed by atoms with Crippen molar-refractivity contribution in [2.45, 2.75) is 64.7 Å². The zero-order valence-electron chi connectivity index (χ0n) is 16.9. The van der Waals surface area contributed by atoms with Crippen LogP contribution < -0.4 is 0 Å². The first-order valence-electron chi connectivity index (χ1n) is 10.9. The lowest BCUT2D eigenvalue weighted by Crippen LogP contribution is -2.13. The van der Waals surface area contributed by atoms with Crippen LogP contribution in [0.5, 0.6) is 0 Å². The van der Waals surface area contributed by atoms with Gasteiger partial charge in [-0.25, -0.2) is 0 Å². The fraction of sp³-hybridized carbons (Fsp3) is 0.407. The first-order valence-corrected chi connectivity index (χ1v) is 10.9. The van der Waals surface area contributed by atoms with Gasteiger partial charge in [0.1, 0.15) is 0 Å². The van der Waals surface area contributed by atoms with E-state index in [2.05, 4.69) is 74.5 Å². The molecule has 27 heavy (non-hydrogen) atoms. The molecular weight excluding hydrogens is 324 g/mol. The highest BCUT2D eigenvalue weighted by atomic mass is 14.3. The van der Waals surface area contributed by atoms with Crippen LogP contribution in [0.4, 0.5) is 0 Å². The maximum Gasteiger partial charge on any atom is -0.0162 e. The molecule has 0 bridgehead atoms. The maximum atomic E-state index is 2.38. The van der Waals surface area contributed by atoms with Crippen molar-refractivity contribution in [3.63, 3.8) is 0 Å². The van der Waals surface area contributed by atoms with Crippen molar-refractivity contribution in [3.05, 3.63) is 71.8 Å². The molecule has 0 radical (unpaired) electrons. The standard InChI is InChI=1S/C27H32/c1-3-5-21-7-9-22(10-8-21)23-12-14-24(15-13-23)26-17-16-25-18-20(4-2)6-11-27(25)19-26/h6,11-19,21-22H,3-5,7-10H2,1-2H3. The summed E-state index contributed by atoms with van der Waals surface area (Å²) in [7, 11) is 0. The molecule has 0 unspecified atom stereocenters. The van der Waals surface area contributed by atoms with Crippen LogP contribution >= 0.6 is 0 Å². The molecule has 0 saturated heterocycles. The summed E-state index contributed by atoms with van der Waals surface area (Å²) < 4.78 is 0. The Morgan fingerprint density at radius 1 is 0.704 bits per heavy atom. The normalized spacial score (nSPS) is 20.1. The van der Waals surface area contributed by atoms with E-state index in [1.54, 1.807) is 5.56 Å². The minimum atomic E-state index is 0.774. The summed E-state index contributed by atoms with van der Waals surface area (Å²) in [5.41, 5.74) is 5.61. The Hall–Kier alpha value is -2.08. The van der Waals surface area contributed by atoms with Gasteiger partial charge in [-0.2, -0.15) is 0 Å². The molecule has 0 aromatic heterocycles. The van der Waals surface area contributed by atoms with Gasteiger partial charge < -0.3 is 0 Å². The Morgan fingerprint density at radius 3 is 2.07 bits per heavy atom. The number of hydrogen-bond acceptors (Lipinski definition) is 0. The Kier molecular flexibility index (Phi) is 5.62. The third-order valence-electron chi connectivity index (χ3n) is 6.57. The lowest BCUT2D eigenvalue weighted by molar-refractivity contribution is 0.308. The third kappa shape index (κ3) is 4.10. The van der Waals surface area contributed by atoms with Gasteiger partial charge in [0, 0.05) is 0 Å². The summed E-state index contributed by atoms with van der Waals surface area (Å²) in [4.78, 5) is 0. The van der Waals surface area contributed by atoms with E-state index in [0.717, 1.165) is 18.3 Å². The van der Waals surface area contributed by atoms with E-state index in [0.29, 0.717) is 0 Å². The fourth-order valence-corrected chi connectivity index (χ4v) is 4.84. The molecule has 3 aromatic carbocycles. The van der Waals surface area contributed by atoms with Gasteiger partial charge in [-0.1, -0.05) is 81.3 Å². The number of hydrogen-bond donors (Lipinski definition) is 0. The van der Waals surface area contributed by atoms with Gasteiger partial charge in [0.15, 0.2) is 0 Å². The molecule has 0 N–H and O–H groups in total. The number of aryl methyl sites for hydroxylation is 1. The summed E-state index contributed by atoms with van der Waals surface area (Å²) in [6.45, 7) is 4.54. The fourth-order valence-electron chi connectivity index (χ4n) is 4.84. The second-order valence-corrected chi connectivity index (χ2v) is 8.38. The molecule has 0 amide bonds. The van der Waals surface area contributed by atoms with Gasteiger partial charge in [0.25, 0.3) is 0 Å². The molecule has 0 heterocycles. The molecule has 0 spiro atoms. The molecule has 1 fully saturated rings. The van der Waals surface area contributed by atoms with E-state index >= 15 is 0 Å². The van der Waals surface area contributed by atoms with Crippen molar-refractivity contribution < 1.29 is 0 Å². The predicted octanol–water partition coefficient (Wildman–Crippen LogP) is 8.14. The Balaban J connectivity index is 1.50. The zero-order valence-corrected chi connectivity index (χ0v) is 16.9. The smallest absolute Gasteiger partial charge is 0.0162 e. The summed E-state index contributed by atoms with van der Waals surface area (Å²) in [6.07, 6.45) is 9.46. The highest BCUT2D eigenvalue weighted by Gasteiger charge is 2.21. The maximum absolute atomic E-state index is 2.38. The molecule has 4 rings (SSSR count). The summed E-state index contributed by atoms with van der Waals surface area (Å²) >= 11 is 0. The van der Waals surface area contributed by atoms with E-state index in [4.69, 9.17) is 0 Å². The van der Waals surface area contributed by atoms with Gasteiger partial charge in [-0.3, -0.25) is 0 Å². The lowest BCUT2D eigenvalue weighted by Gasteiger charge is -2.28. The van der Waals surface area contributed by atoms with Crippen LogP contribution in [0.25, 0.3) is 21.9 Å². The SMILES string of the molecule is CCCC1CCC(c2ccc(-c3ccc4cc(CC)ccc4c3)cc2)CC1.